The maximum absolute atomic E-state index is 10.9. The van der Waals surface area contributed by atoms with Crippen molar-refractivity contribution in [3.8, 4) is 0 Å². The van der Waals surface area contributed by atoms with E-state index in [0.29, 0.717) is 6.42 Å². The van der Waals surface area contributed by atoms with Gasteiger partial charge in [0.15, 0.2) is 0 Å². The molecule has 0 N–H and O–H groups in total. The zero-order chi connectivity index (χ0) is 14.2. The van der Waals surface area contributed by atoms with Gasteiger partial charge in [-0.15, -0.1) is 6.58 Å². The number of carbonyl (C=O) groups excluding carboxylic acids is 1. The van der Waals surface area contributed by atoms with Gasteiger partial charge in [0.05, 0.1) is 7.11 Å². The van der Waals surface area contributed by atoms with Crippen molar-refractivity contribution < 1.29 is 9.53 Å². The first-order valence-corrected chi connectivity index (χ1v) is 7.29. The SMILES string of the molecule is C=CC/C=C\C/C=C\CCCCCCCC(=O)OC. The molecule has 0 unspecified atom stereocenters. The Balaban J connectivity index is 3.20. The van der Waals surface area contributed by atoms with Crippen molar-refractivity contribution in [1.29, 1.82) is 0 Å². The molecule has 2 nitrogen and oxygen atoms in total. The van der Waals surface area contributed by atoms with Crippen molar-refractivity contribution in [1.82, 2.24) is 0 Å². The number of carbonyl (C=O) groups is 1. The van der Waals surface area contributed by atoms with Crippen molar-refractivity contribution in [2.45, 2.75) is 57.8 Å². The lowest BCUT2D eigenvalue weighted by Gasteiger charge is -1.99. The van der Waals surface area contributed by atoms with Gasteiger partial charge in [0.1, 0.15) is 0 Å². The molecular formula is C17H28O2. The molecule has 0 spiro atoms. The van der Waals surface area contributed by atoms with E-state index >= 15 is 0 Å². The number of allylic oxidation sites excluding steroid dienone is 5. The van der Waals surface area contributed by atoms with E-state index in [2.05, 4.69) is 35.6 Å². The minimum Gasteiger partial charge on any atom is -0.469 e. The molecule has 0 saturated heterocycles. The molecule has 0 heterocycles. The highest BCUT2D eigenvalue weighted by Gasteiger charge is 1.98. The van der Waals surface area contributed by atoms with Crippen LogP contribution >= 0.6 is 0 Å². The minimum absolute atomic E-state index is 0.0903. The van der Waals surface area contributed by atoms with Crippen LogP contribution in [0.5, 0.6) is 0 Å². The molecule has 0 aliphatic carbocycles. The number of hydrogen-bond donors (Lipinski definition) is 0. The van der Waals surface area contributed by atoms with Crippen LogP contribution in [0, 0.1) is 0 Å². The van der Waals surface area contributed by atoms with Crippen LogP contribution in [-0.4, -0.2) is 13.1 Å². The molecule has 0 aliphatic heterocycles. The lowest BCUT2D eigenvalue weighted by molar-refractivity contribution is -0.140. The number of ether oxygens (including phenoxy) is 1. The van der Waals surface area contributed by atoms with Gasteiger partial charge >= 0.3 is 5.97 Å². The Bertz CT molecular complexity index is 277. The molecule has 0 aromatic rings. The Labute approximate surface area is 118 Å². The van der Waals surface area contributed by atoms with E-state index < -0.39 is 0 Å². The van der Waals surface area contributed by atoms with Gasteiger partial charge in [-0.05, 0) is 32.1 Å². The third kappa shape index (κ3) is 14.6. The molecule has 0 aromatic carbocycles. The third-order valence-corrected chi connectivity index (χ3v) is 2.89. The maximum Gasteiger partial charge on any atom is 0.305 e. The summed E-state index contributed by atoms with van der Waals surface area (Å²) in [6, 6.07) is 0. The maximum atomic E-state index is 10.9. The van der Waals surface area contributed by atoms with Crippen LogP contribution in [0.3, 0.4) is 0 Å². The molecule has 108 valence electrons. The number of hydrogen-bond acceptors (Lipinski definition) is 2. The van der Waals surface area contributed by atoms with Gasteiger partial charge in [-0.1, -0.05) is 49.6 Å². The molecule has 0 fully saturated rings. The van der Waals surface area contributed by atoms with Crippen molar-refractivity contribution in [3.05, 3.63) is 37.0 Å². The molecule has 0 radical (unpaired) electrons. The van der Waals surface area contributed by atoms with Crippen molar-refractivity contribution in [2.24, 2.45) is 0 Å². The number of rotatable bonds is 12. The highest BCUT2D eigenvalue weighted by atomic mass is 16.5. The Morgan fingerprint density at radius 2 is 1.58 bits per heavy atom. The summed E-state index contributed by atoms with van der Waals surface area (Å²) in [5.41, 5.74) is 0. The van der Waals surface area contributed by atoms with Gasteiger partial charge in [-0.2, -0.15) is 0 Å². The lowest BCUT2D eigenvalue weighted by Crippen LogP contribution is -1.98. The second-order valence-electron chi connectivity index (χ2n) is 4.59. The van der Waals surface area contributed by atoms with Crippen LogP contribution in [-0.2, 0) is 9.53 Å². The van der Waals surface area contributed by atoms with E-state index in [1.165, 1.54) is 26.4 Å². The van der Waals surface area contributed by atoms with Gasteiger partial charge in [0.25, 0.3) is 0 Å². The fourth-order valence-corrected chi connectivity index (χ4v) is 1.75. The summed E-state index contributed by atoms with van der Waals surface area (Å²) in [5.74, 6) is -0.0903. The van der Waals surface area contributed by atoms with Crippen molar-refractivity contribution in [2.75, 3.05) is 7.11 Å². The van der Waals surface area contributed by atoms with Gasteiger partial charge in [0.2, 0.25) is 0 Å². The Morgan fingerprint density at radius 3 is 2.32 bits per heavy atom. The van der Waals surface area contributed by atoms with Crippen LogP contribution in [0.4, 0.5) is 0 Å². The van der Waals surface area contributed by atoms with Crippen LogP contribution in [0.15, 0.2) is 37.0 Å². The van der Waals surface area contributed by atoms with Gasteiger partial charge in [-0.25, -0.2) is 0 Å². The predicted molar refractivity (Wildman–Crippen MR) is 82.0 cm³/mol. The first-order valence-electron chi connectivity index (χ1n) is 7.29. The largest absolute Gasteiger partial charge is 0.469 e. The third-order valence-electron chi connectivity index (χ3n) is 2.89. The lowest BCUT2D eigenvalue weighted by atomic mass is 10.1. The van der Waals surface area contributed by atoms with E-state index in [9.17, 15) is 4.79 Å². The van der Waals surface area contributed by atoms with E-state index in [-0.39, 0.29) is 5.97 Å². The van der Waals surface area contributed by atoms with E-state index in [1.807, 2.05) is 6.08 Å². The minimum atomic E-state index is -0.0903. The molecule has 0 aliphatic rings. The summed E-state index contributed by atoms with van der Waals surface area (Å²) >= 11 is 0. The molecule has 0 amide bonds. The van der Waals surface area contributed by atoms with Crippen LogP contribution in [0.25, 0.3) is 0 Å². The first kappa shape index (κ1) is 17.7. The number of unbranched alkanes of at least 4 members (excludes halogenated alkanes) is 5. The normalized spacial score (nSPS) is 11.2. The molecular weight excluding hydrogens is 236 g/mol. The van der Waals surface area contributed by atoms with Gasteiger partial charge in [0, 0.05) is 6.42 Å². The zero-order valence-electron chi connectivity index (χ0n) is 12.3. The summed E-state index contributed by atoms with van der Waals surface area (Å²) in [6.07, 6.45) is 20.2. The van der Waals surface area contributed by atoms with Crippen LogP contribution < -0.4 is 0 Å². The Morgan fingerprint density at radius 1 is 0.947 bits per heavy atom. The second-order valence-corrected chi connectivity index (χ2v) is 4.59. The monoisotopic (exact) mass is 264 g/mol. The number of methoxy groups -OCH3 is 1. The van der Waals surface area contributed by atoms with E-state index in [1.54, 1.807) is 0 Å². The Hall–Kier alpha value is -1.31. The average Bonchev–Trinajstić information content (AvgIpc) is 2.43. The molecule has 0 atom stereocenters. The first-order chi connectivity index (χ1) is 9.31. The summed E-state index contributed by atoms with van der Waals surface area (Å²) in [6.45, 7) is 3.67. The summed E-state index contributed by atoms with van der Waals surface area (Å²) in [5, 5.41) is 0. The topological polar surface area (TPSA) is 26.3 Å². The van der Waals surface area contributed by atoms with Crippen molar-refractivity contribution >= 4 is 5.97 Å². The summed E-state index contributed by atoms with van der Waals surface area (Å²) in [7, 11) is 1.45. The molecule has 19 heavy (non-hydrogen) atoms. The smallest absolute Gasteiger partial charge is 0.305 e. The highest BCUT2D eigenvalue weighted by molar-refractivity contribution is 5.68. The van der Waals surface area contributed by atoms with E-state index in [4.69, 9.17) is 0 Å². The quantitative estimate of drug-likeness (QED) is 0.282. The zero-order valence-corrected chi connectivity index (χ0v) is 12.3. The van der Waals surface area contributed by atoms with E-state index in [0.717, 1.165) is 32.1 Å². The summed E-state index contributed by atoms with van der Waals surface area (Å²) < 4.78 is 4.60. The molecule has 0 aromatic heterocycles. The molecule has 0 saturated carbocycles. The average molecular weight is 264 g/mol. The summed E-state index contributed by atoms with van der Waals surface area (Å²) in [4.78, 5) is 10.9. The highest BCUT2D eigenvalue weighted by Crippen LogP contribution is 2.08. The number of esters is 1. The van der Waals surface area contributed by atoms with Crippen molar-refractivity contribution in [3.63, 3.8) is 0 Å². The molecule has 0 bridgehead atoms. The van der Waals surface area contributed by atoms with Crippen LogP contribution in [0.2, 0.25) is 0 Å². The standard InChI is InChI=1S/C17H28O2/c1-3-4-5-6-7-8-9-10-11-12-13-14-15-16-17(18)19-2/h3,5-6,8-9H,1,4,7,10-16H2,2H3/b6-5-,9-8-. The predicted octanol–water partition coefficient (Wildman–Crippen LogP) is 4.97. The molecule has 0 rings (SSSR count). The van der Waals surface area contributed by atoms with Gasteiger partial charge < -0.3 is 4.74 Å². The Kier molecular flexibility index (Phi) is 13.7. The van der Waals surface area contributed by atoms with Gasteiger partial charge in [-0.3, -0.25) is 4.79 Å². The fourth-order valence-electron chi connectivity index (χ4n) is 1.75. The molecule has 2 heteroatoms. The second kappa shape index (κ2) is 14.7. The fraction of sp³-hybridized carbons (Fsp3) is 0.588. The van der Waals surface area contributed by atoms with Crippen LogP contribution in [0.1, 0.15) is 57.8 Å².